The summed E-state index contributed by atoms with van der Waals surface area (Å²) in [5.74, 6) is 0.0749. The van der Waals surface area contributed by atoms with Gasteiger partial charge in [0, 0.05) is 32.6 Å². The molecule has 1 saturated heterocycles. The Balaban J connectivity index is 2.47. The summed E-state index contributed by atoms with van der Waals surface area (Å²) in [5.41, 5.74) is 5.57. The third kappa shape index (κ3) is 4.50. The lowest BCUT2D eigenvalue weighted by Crippen LogP contribution is -2.44. The summed E-state index contributed by atoms with van der Waals surface area (Å²) in [6, 6.07) is 0.106. The van der Waals surface area contributed by atoms with E-state index in [1.165, 1.54) is 12.8 Å². The van der Waals surface area contributed by atoms with Crippen molar-refractivity contribution in [3.05, 3.63) is 0 Å². The third-order valence-corrected chi connectivity index (χ3v) is 3.64. The van der Waals surface area contributed by atoms with Gasteiger partial charge in [0.25, 0.3) is 0 Å². The highest BCUT2D eigenvalue weighted by molar-refractivity contribution is 7.80. The second-order valence-corrected chi connectivity index (χ2v) is 5.34. The van der Waals surface area contributed by atoms with Gasteiger partial charge < -0.3 is 15.5 Å². The van der Waals surface area contributed by atoms with Crippen molar-refractivity contribution in [3.63, 3.8) is 0 Å². The Bertz CT molecular complexity index is 275. The van der Waals surface area contributed by atoms with E-state index in [0.29, 0.717) is 11.5 Å². The van der Waals surface area contributed by atoms with Crippen LogP contribution >= 0.6 is 12.2 Å². The first-order valence-electron chi connectivity index (χ1n) is 6.31. The molecule has 1 rings (SSSR count). The van der Waals surface area contributed by atoms with Gasteiger partial charge in [-0.25, -0.2) is 4.79 Å². The molecule has 17 heavy (non-hydrogen) atoms. The molecular formula is C12H23N3OS. The molecule has 5 heteroatoms. The van der Waals surface area contributed by atoms with Gasteiger partial charge in [0.05, 0.1) is 4.99 Å². The predicted octanol–water partition coefficient (Wildman–Crippen LogP) is 1.84. The molecule has 0 aliphatic carbocycles. The van der Waals surface area contributed by atoms with Crippen LogP contribution in [0.5, 0.6) is 0 Å². The maximum absolute atomic E-state index is 12.2. The lowest BCUT2D eigenvalue weighted by Gasteiger charge is -2.28. The Kier molecular flexibility index (Phi) is 5.68. The maximum Gasteiger partial charge on any atom is 0.319 e. The topological polar surface area (TPSA) is 49.6 Å². The monoisotopic (exact) mass is 257 g/mol. The Morgan fingerprint density at radius 2 is 1.88 bits per heavy atom. The highest BCUT2D eigenvalue weighted by Crippen LogP contribution is 2.12. The number of hydrogen-bond acceptors (Lipinski definition) is 2. The molecule has 1 aliphatic rings. The molecule has 2 N–H and O–H groups in total. The van der Waals surface area contributed by atoms with Crippen LogP contribution in [-0.4, -0.2) is 47.5 Å². The minimum absolute atomic E-state index is 0.0749. The van der Waals surface area contributed by atoms with E-state index >= 15 is 0 Å². The van der Waals surface area contributed by atoms with Crippen LogP contribution < -0.4 is 5.73 Å². The van der Waals surface area contributed by atoms with Gasteiger partial charge >= 0.3 is 6.03 Å². The summed E-state index contributed by atoms with van der Waals surface area (Å²) in [6.07, 6.45) is 4.70. The standard InChI is InChI=1S/C12H23N3OS/c1-10(11(13)17)9-14(2)12(16)15-7-5-3-4-6-8-15/h10H,3-9H2,1-2H3,(H2,13,17). The molecule has 0 radical (unpaired) electrons. The summed E-state index contributed by atoms with van der Waals surface area (Å²) in [5, 5.41) is 0. The number of hydrogen-bond donors (Lipinski definition) is 1. The fourth-order valence-electron chi connectivity index (χ4n) is 2.08. The van der Waals surface area contributed by atoms with E-state index < -0.39 is 0 Å². The molecule has 2 amide bonds. The van der Waals surface area contributed by atoms with Gasteiger partial charge in [-0.15, -0.1) is 0 Å². The molecule has 0 saturated carbocycles. The first-order valence-corrected chi connectivity index (χ1v) is 6.72. The zero-order valence-electron chi connectivity index (χ0n) is 10.8. The second-order valence-electron chi connectivity index (χ2n) is 4.87. The normalized spacial score (nSPS) is 18.4. The second kappa shape index (κ2) is 6.79. The van der Waals surface area contributed by atoms with Gasteiger partial charge in [-0.2, -0.15) is 0 Å². The Hall–Kier alpha value is -0.840. The van der Waals surface area contributed by atoms with E-state index in [0.717, 1.165) is 25.9 Å². The van der Waals surface area contributed by atoms with Crippen LogP contribution in [-0.2, 0) is 0 Å². The molecular weight excluding hydrogens is 234 g/mol. The molecule has 0 aromatic heterocycles. The van der Waals surface area contributed by atoms with Crippen molar-refractivity contribution >= 4 is 23.2 Å². The minimum Gasteiger partial charge on any atom is -0.393 e. The Morgan fingerprint density at radius 1 is 1.35 bits per heavy atom. The van der Waals surface area contributed by atoms with Crippen molar-refractivity contribution in [2.24, 2.45) is 11.7 Å². The van der Waals surface area contributed by atoms with Crippen LogP contribution in [0.25, 0.3) is 0 Å². The molecule has 0 bridgehead atoms. The molecule has 0 aromatic rings. The number of urea groups is 1. The SMILES string of the molecule is CC(CN(C)C(=O)N1CCCCCC1)C(N)=S. The van der Waals surface area contributed by atoms with Crippen LogP contribution in [0.2, 0.25) is 0 Å². The lowest BCUT2D eigenvalue weighted by atomic mass is 10.2. The lowest BCUT2D eigenvalue weighted by molar-refractivity contribution is 0.162. The van der Waals surface area contributed by atoms with Gasteiger partial charge in [0.2, 0.25) is 0 Å². The van der Waals surface area contributed by atoms with Gasteiger partial charge in [-0.3, -0.25) is 0 Å². The molecule has 1 atom stereocenters. The number of thiocarbonyl (C=S) groups is 1. The summed E-state index contributed by atoms with van der Waals surface area (Å²) < 4.78 is 0. The molecule has 1 unspecified atom stereocenters. The minimum atomic E-state index is 0.0749. The number of likely N-dealkylation sites (tertiary alicyclic amines) is 1. The molecule has 98 valence electrons. The predicted molar refractivity (Wildman–Crippen MR) is 74.0 cm³/mol. The Morgan fingerprint density at radius 3 is 2.35 bits per heavy atom. The van der Waals surface area contributed by atoms with E-state index in [1.54, 1.807) is 4.90 Å². The average molecular weight is 257 g/mol. The molecule has 0 spiro atoms. The third-order valence-electron chi connectivity index (χ3n) is 3.24. The summed E-state index contributed by atoms with van der Waals surface area (Å²) >= 11 is 4.93. The summed E-state index contributed by atoms with van der Waals surface area (Å²) in [6.45, 7) is 4.31. The van der Waals surface area contributed by atoms with Crippen molar-refractivity contribution < 1.29 is 4.79 Å². The van der Waals surface area contributed by atoms with Crippen LogP contribution in [0.4, 0.5) is 4.79 Å². The fourth-order valence-corrected chi connectivity index (χ4v) is 2.16. The van der Waals surface area contributed by atoms with E-state index in [-0.39, 0.29) is 11.9 Å². The smallest absolute Gasteiger partial charge is 0.319 e. The van der Waals surface area contributed by atoms with Crippen molar-refractivity contribution in [1.82, 2.24) is 9.80 Å². The molecule has 1 heterocycles. The molecule has 0 aromatic carbocycles. The van der Waals surface area contributed by atoms with Gasteiger partial charge in [-0.1, -0.05) is 32.0 Å². The summed E-state index contributed by atoms with van der Waals surface area (Å²) in [7, 11) is 1.82. The van der Waals surface area contributed by atoms with Crippen LogP contribution in [0, 0.1) is 5.92 Å². The van der Waals surface area contributed by atoms with E-state index in [4.69, 9.17) is 18.0 Å². The van der Waals surface area contributed by atoms with Crippen LogP contribution in [0.15, 0.2) is 0 Å². The van der Waals surface area contributed by atoms with Gasteiger partial charge in [0.1, 0.15) is 0 Å². The number of carbonyl (C=O) groups is 1. The largest absolute Gasteiger partial charge is 0.393 e. The number of nitrogens with zero attached hydrogens (tertiary/aromatic N) is 2. The van der Waals surface area contributed by atoms with E-state index in [2.05, 4.69) is 0 Å². The molecule has 1 fully saturated rings. The number of carbonyl (C=O) groups excluding carboxylic acids is 1. The van der Waals surface area contributed by atoms with E-state index in [9.17, 15) is 4.79 Å². The first-order chi connectivity index (χ1) is 8.02. The number of rotatable bonds is 3. The van der Waals surface area contributed by atoms with Crippen LogP contribution in [0.1, 0.15) is 32.6 Å². The molecule has 4 nitrogen and oxygen atoms in total. The van der Waals surface area contributed by atoms with Crippen molar-refractivity contribution in [2.45, 2.75) is 32.6 Å². The van der Waals surface area contributed by atoms with Crippen molar-refractivity contribution in [2.75, 3.05) is 26.7 Å². The fraction of sp³-hybridized carbons (Fsp3) is 0.833. The quantitative estimate of drug-likeness (QED) is 0.785. The van der Waals surface area contributed by atoms with Crippen molar-refractivity contribution in [1.29, 1.82) is 0 Å². The van der Waals surface area contributed by atoms with E-state index in [1.807, 2.05) is 18.9 Å². The number of amides is 2. The maximum atomic E-state index is 12.2. The van der Waals surface area contributed by atoms with Crippen LogP contribution in [0.3, 0.4) is 0 Å². The zero-order valence-corrected chi connectivity index (χ0v) is 11.6. The first kappa shape index (κ1) is 14.2. The molecule has 1 aliphatic heterocycles. The number of nitrogens with two attached hydrogens (primary N) is 1. The van der Waals surface area contributed by atoms with Gasteiger partial charge in [0.15, 0.2) is 0 Å². The Labute approximate surface area is 109 Å². The highest BCUT2D eigenvalue weighted by atomic mass is 32.1. The average Bonchev–Trinajstić information content (AvgIpc) is 2.56. The van der Waals surface area contributed by atoms with Gasteiger partial charge in [-0.05, 0) is 12.8 Å². The summed E-state index contributed by atoms with van der Waals surface area (Å²) in [4.78, 5) is 16.3. The zero-order chi connectivity index (χ0) is 12.8. The van der Waals surface area contributed by atoms with Crippen molar-refractivity contribution in [3.8, 4) is 0 Å². The highest BCUT2D eigenvalue weighted by Gasteiger charge is 2.20.